The maximum atomic E-state index is 11.7. The first-order valence-electron chi connectivity index (χ1n) is 10.7. The Balaban J connectivity index is 1.42. The van der Waals surface area contributed by atoms with Crippen LogP contribution in [-0.4, -0.2) is 46.7 Å². The number of likely N-dealkylation sites (tertiary alicyclic amines) is 1. The molecule has 0 atom stereocenters. The van der Waals surface area contributed by atoms with Crippen molar-refractivity contribution >= 4 is 17.0 Å². The molecular formula is C24H29N3O3. The van der Waals surface area contributed by atoms with Gasteiger partial charge in [0.25, 0.3) is 0 Å². The second kappa shape index (κ2) is 9.76. The number of hydrogen-bond acceptors (Lipinski definition) is 5. The molecule has 158 valence electrons. The Morgan fingerprint density at radius 2 is 1.80 bits per heavy atom. The summed E-state index contributed by atoms with van der Waals surface area (Å²) in [6.07, 6.45) is 2.12. The molecule has 1 aliphatic rings. The molecule has 0 aliphatic carbocycles. The Morgan fingerprint density at radius 3 is 2.57 bits per heavy atom. The van der Waals surface area contributed by atoms with Crippen molar-refractivity contribution in [2.75, 3.05) is 26.2 Å². The third-order valence-corrected chi connectivity index (χ3v) is 5.65. The molecule has 0 unspecified atom stereocenters. The van der Waals surface area contributed by atoms with E-state index < -0.39 is 0 Å². The SMILES string of the molecule is CCOC(=O)CN1CCC(Cn2c(COc3ccccc3)nc3ccccc32)CC1. The van der Waals surface area contributed by atoms with E-state index in [1.807, 2.05) is 43.3 Å². The molecule has 1 fully saturated rings. The Bertz CT molecular complexity index is 962. The number of rotatable bonds is 8. The summed E-state index contributed by atoms with van der Waals surface area (Å²) < 4.78 is 13.4. The lowest BCUT2D eigenvalue weighted by atomic mass is 9.96. The highest BCUT2D eigenvalue weighted by molar-refractivity contribution is 5.75. The minimum atomic E-state index is -0.128. The van der Waals surface area contributed by atoms with Gasteiger partial charge in [-0.2, -0.15) is 0 Å². The molecule has 6 nitrogen and oxygen atoms in total. The highest BCUT2D eigenvalue weighted by Crippen LogP contribution is 2.24. The Labute approximate surface area is 177 Å². The molecule has 6 heteroatoms. The van der Waals surface area contributed by atoms with E-state index in [0.29, 0.717) is 25.7 Å². The highest BCUT2D eigenvalue weighted by Gasteiger charge is 2.23. The van der Waals surface area contributed by atoms with Gasteiger partial charge in [-0.3, -0.25) is 9.69 Å². The van der Waals surface area contributed by atoms with Gasteiger partial charge in [-0.25, -0.2) is 4.98 Å². The molecule has 0 saturated carbocycles. The molecule has 1 aromatic heterocycles. The summed E-state index contributed by atoms with van der Waals surface area (Å²) in [6, 6.07) is 18.1. The fraction of sp³-hybridized carbons (Fsp3) is 0.417. The largest absolute Gasteiger partial charge is 0.486 e. The number of para-hydroxylation sites is 3. The first kappa shape index (κ1) is 20.4. The van der Waals surface area contributed by atoms with Gasteiger partial charge in [0, 0.05) is 6.54 Å². The maximum absolute atomic E-state index is 11.7. The summed E-state index contributed by atoms with van der Waals surface area (Å²) in [4.78, 5) is 18.8. The van der Waals surface area contributed by atoms with Crippen molar-refractivity contribution in [3.8, 4) is 5.75 Å². The number of hydrogen-bond donors (Lipinski definition) is 0. The highest BCUT2D eigenvalue weighted by atomic mass is 16.5. The molecule has 2 aromatic carbocycles. The average molecular weight is 408 g/mol. The zero-order valence-electron chi connectivity index (χ0n) is 17.5. The number of benzene rings is 2. The van der Waals surface area contributed by atoms with Crippen LogP contribution in [0.5, 0.6) is 5.75 Å². The lowest BCUT2D eigenvalue weighted by Crippen LogP contribution is -2.38. The van der Waals surface area contributed by atoms with Gasteiger partial charge in [0.2, 0.25) is 0 Å². The Morgan fingerprint density at radius 1 is 1.07 bits per heavy atom. The number of aromatic nitrogens is 2. The van der Waals surface area contributed by atoms with Crippen molar-refractivity contribution in [3.05, 3.63) is 60.4 Å². The van der Waals surface area contributed by atoms with Gasteiger partial charge < -0.3 is 14.0 Å². The lowest BCUT2D eigenvalue weighted by molar-refractivity contribution is -0.144. The predicted molar refractivity (Wildman–Crippen MR) is 116 cm³/mol. The van der Waals surface area contributed by atoms with Gasteiger partial charge in [0.1, 0.15) is 18.2 Å². The number of nitrogens with zero attached hydrogens (tertiary/aromatic N) is 3. The van der Waals surface area contributed by atoms with E-state index >= 15 is 0 Å². The van der Waals surface area contributed by atoms with Crippen molar-refractivity contribution in [2.24, 2.45) is 5.92 Å². The lowest BCUT2D eigenvalue weighted by Gasteiger charge is -2.31. The van der Waals surface area contributed by atoms with Gasteiger partial charge in [-0.05, 0) is 63.0 Å². The van der Waals surface area contributed by atoms with Crippen LogP contribution in [-0.2, 0) is 22.7 Å². The van der Waals surface area contributed by atoms with Gasteiger partial charge in [0.05, 0.1) is 24.2 Å². The zero-order chi connectivity index (χ0) is 20.8. The van der Waals surface area contributed by atoms with Gasteiger partial charge in [-0.1, -0.05) is 30.3 Å². The summed E-state index contributed by atoms with van der Waals surface area (Å²) in [5.41, 5.74) is 2.15. The fourth-order valence-electron chi connectivity index (χ4n) is 4.08. The standard InChI is InChI=1S/C24H29N3O3/c1-2-29-24(28)17-26-14-12-19(13-15-26)16-27-22-11-7-6-10-21(22)25-23(27)18-30-20-8-4-3-5-9-20/h3-11,19H,2,12-18H2,1H3. The van der Waals surface area contributed by atoms with Gasteiger partial charge in [0.15, 0.2) is 0 Å². The number of ether oxygens (including phenoxy) is 2. The monoisotopic (exact) mass is 407 g/mol. The van der Waals surface area contributed by atoms with Gasteiger partial charge in [-0.15, -0.1) is 0 Å². The molecule has 1 saturated heterocycles. The molecule has 2 heterocycles. The van der Waals surface area contributed by atoms with E-state index in [9.17, 15) is 4.79 Å². The number of esters is 1. The molecule has 3 aromatic rings. The Hall–Kier alpha value is -2.86. The van der Waals surface area contributed by atoms with E-state index in [1.54, 1.807) is 0 Å². The predicted octanol–water partition coefficient (Wildman–Crippen LogP) is 3.89. The molecule has 0 spiro atoms. The van der Waals surface area contributed by atoms with Crippen LogP contribution in [0.25, 0.3) is 11.0 Å². The molecule has 0 amide bonds. The number of carbonyl (C=O) groups is 1. The summed E-state index contributed by atoms with van der Waals surface area (Å²) in [7, 11) is 0. The minimum Gasteiger partial charge on any atom is -0.486 e. The topological polar surface area (TPSA) is 56.6 Å². The molecule has 0 bridgehead atoms. The summed E-state index contributed by atoms with van der Waals surface area (Å²) in [5, 5.41) is 0. The van der Waals surface area contributed by atoms with Gasteiger partial charge >= 0.3 is 5.97 Å². The number of fused-ring (bicyclic) bond motifs is 1. The van der Waals surface area contributed by atoms with Crippen LogP contribution < -0.4 is 4.74 Å². The average Bonchev–Trinajstić information content (AvgIpc) is 3.12. The second-order valence-electron chi connectivity index (χ2n) is 7.75. The first-order chi connectivity index (χ1) is 14.7. The van der Waals surface area contributed by atoms with Crippen LogP contribution in [0.2, 0.25) is 0 Å². The van der Waals surface area contributed by atoms with E-state index in [1.165, 1.54) is 0 Å². The van der Waals surface area contributed by atoms with Crippen molar-refractivity contribution in [3.63, 3.8) is 0 Å². The van der Waals surface area contributed by atoms with Crippen molar-refractivity contribution in [1.29, 1.82) is 0 Å². The molecule has 4 rings (SSSR count). The third kappa shape index (κ3) is 5.00. The van der Waals surface area contributed by atoms with Crippen LogP contribution in [0.3, 0.4) is 0 Å². The van der Waals surface area contributed by atoms with Crippen molar-refractivity contribution < 1.29 is 14.3 Å². The third-order valence-electron chi connectivity index (χ3n) is 5.65. The van der Waals surface area contributed by atoms with Crippen LogP contribution >= 0.6 is 0 Å². The Kier molecular flexibility index (Phi) is 6.64. The van der Waals surface area contributed by atoms with E-state index in [-0.39, 0.29) is 5.97 Å². The van der Waals surface area contributed by atoms with Crippen LogP contribution in [0.15, 0.2) is 54.6 Å². The number of carbonyl (C=O) groups excluding carboxylic acids is 1. The number of imidazole rings is 1. The fourth-order valence-corrected chi connectivity index (χ4v) is 4.08. The van der Waals surface area contributed by atoms with Crippen LogP contribution in [0, 0.1) is 5.92 Å². The van der Waals surface area contributed by atoms with E-state index in [4.69, 9.17) is 14.5 Å². The van der Waals surface area contributed by atoms with Crippen LogP contribution in [0.1, 0.15) is 25.6 Å². The molecule has 0 N–H and O–H groups in total. The molecule has 1 aliphatic heterocycles. The normalized spacial score (nSPS) is 15.4. The number of piperidine rings is 1. The molecule has 0 radical (unpaired) electrons. The first-order valence-corrected chi connectivity index (χ1v) is 10.7. The smallest absolute Gasteiger partial charge is 0.320 e. The summed E-state index contributed by atoms with van der Waals surface area (Å²) in [6.45, 7) is 5.89. The van der Waals surface area contributed by atoms with Crippen LogP contribution in [0.4, 0.5) is 0 Å². The maximum Gasteiger partial charge on any atom is 0.320 e. The van der Waals surface area contributed by atoms with Crippen molar-refractivity contribution in [1.82, 2.24) is 14.5 Å². The minimum absolute atomic E-state index is 0.128. The molecule has 30 heavy (non-hydrogen) atoms. The van der Waals surface area contributed by atoms with E-state index in [0.717, 1.165) is 55.1 Å². The summed E-state index contributed by atoms with van der Waals surface area (Å²) >= 11 is 0. The van der Waals surface area contributed by atoms with Crippen molar-refractivity contribution in [2.45, 2.75) is 32.9 Å². The molecular weight excluding hydrogens is 378 g/mol. The zero-order valence-corrected chi connectivity index (χ0v) is 17.5. The summed E-state index contributed by atoms with van der Waals surface area (Å²) in [5.74, 6) is 2.23. The second-order valence-corrected chi connectivity index (χ2v) is 7.75. The quantitative estimate of drug-likeness (QED) is 0.530. The van der Waals surface area contributed by atoms with E-state index in [2.05, 4.69) is 27.7 Å².